The van der Waals surface area contributed by atoms with Crippen LogP contribution >= 0.6 is 31.9 Å². The summed E-state index contributed by atoms with van der Waals surface area (Å²) in [5.74, 6) is 1.86. The van der Waals surface area contributed by atoms with E-state index in [0.29, 0.717) is 5.71 Å². The van der Waals surface area contributed by atoms with Gasteiger partial charge in [0.2, 0.25) is 5.71 Å². The summed E-state index contributed by atoms with van der Waals surface area (Å²) in [5, 5.41) is 0.950. The summed E-state index contributed by atoms with van der Waals surface area (Å²) in [6.07, 6.45) is 3.24. The summed E-state index contributed by atoms with van der Waals surface area (Å²) in [6.45, 7) is 0.937. The van der Waals surface area contributed by atoms with E-state index in [1.165, 1.54) is 0 Å². The Labute approximate surface area is 179 Å². The molecule has 0 bridgehead atoms. The van der Waals surface area contributed by atoms with Gasteiger partial charge in [-0.05, 0) is 55.3 Å². The van der Waals surface area contributed by atoms with Crippen molar-refractivity contribution >= 4 is 48.6 Å². The molecule has 2 aromatic carbocycles. The molecule has 0 saturated heterocycles. The molecule has 0 spiro atoms. The number of furan rings is 1. The van der Waals surface area contributed by atoms with Gasteiger partial charge in [-0.3, -0.25) is 0 Å². The third kappa shape index (κ3) is 3.35. The van der Waals surface area contributed by atoms with E-state index in [0.717, 1.165) is 68.5 Å². The van der Waals surface area contributed by atoms with Crippen molar-refractivity contribution in [2.24, 2.45) is 4.99 Å². The van der Waals surface area contributed by atoms with Crippen LogP contribution in [0.2, 0.25) is 0 Å². The summed E-state index contributed by atoms with van der Waals surface area (Å²) in [5.41, 5.74) is 3.53. The molecule has 0 aliphatic carbocycles. The molecule has 0 N–H and O–H groups in total. The van der Waals surface area contributed by atoms with Gasteiger partial charge in [-0.25, -0.2) is 4.99 Å². The third-order valence-corrected chi connectivity index (χ3v) is 6.03. The highest BCUT2D eigenvalue weighted by Crippen LogP contribution is 2.28. The molecule has 4 aromatic rings. The van der Waals surface area contributed by atoms with Gasteiger partial charge in [0.1, 0.15) is 17.1 Å². The second-order valence-corrected chi connectivity index (χ2v) is 8.72. The molecule has 1 aliphatic heterocycles. The lowest BCUT2D eigenvalue weighted by molar-refractivity contribution is 0.490. The van der Waals surface area contributed by atoms with E-state index < -0.39 is 0 Å². The van der Waals surface area contributed by atoms with E-state index in [9.17, 15) is 0 Å². The zero-order chi connectivity index (χ0) is 19.1. The van der Waals surface area contributed by atoms with Gasteiger partial charge in [-0.1, -0.05) is 44.0 Å². The zero-order valence-corrected chi connectivity index (χ0v) is 18.2. The molecule has 0 fully saturated rings. The highest BCUT2D eigenvalue weighted by molar-refractivity contribution is 9.10. The summed E-state index contributed by atoms with van der Waals surface area (Å²) in [6, 6.07) is 18.2. The van der Waals surface area contributed by atoms with Gasteiger partial charge in [-0.2, -0.15) is 4.98 Å². The van der Waals surface area contributed by atoms with Crippen LogP contribution in [0.4, 0.5) is 5.69 Å². The third-order valence-electron chi connectivity index (χ3n) is 4.97. The molecule has 140 valence electrons. The molecule has 0 radical (unpaired) electrons. The molecule has 3 heterocycles. The number of fused-ring (bicyclic) bond motifs is 2. The minimum absolute atomic E-state index is 0.655. The van der Waals surface area contributed by atoms with Crippen molar-refractivity contribution in [3.8, 4) is 11.3 Å². The smallest absolute Gasteiger partial charge is 0.232 e. The highest BCUT2D eigenvalue weighted by Gasteiger charge is 2.17. The van der Waals surface area contributed by atoms with Crippen LogP contribution < -0.4 is 5.49 Å². The predicted molar refractivity (Wildman–Crippen MR) is 117 cm³/mol. The Kier molecular flexibility index (Phi) is 4.69. The predicted octanol–water partition coefficient (Wildman–Crippen LogP) is 6.39. The minimum atomic E-state index is 0.655. The first-order valence-corrected chi connectivity index (χ1v) is 10.9. The number of hydrogen-bond donors (Lipinski definition) is 0. The highest BCUT2D eigenvalue weighted by atomic mass is 79.9. The fraction of sp³-hybridized carbons (Fsp3) is 0.182. The van der Waals surface area contributed by atoms with E-state index in [1.807, 2.05) is 48.5 Å². The van der Waals surface area contributed by atoms with Crippen LogP contribution in [0.3, 0.4) is 0 Å². The zero-order valence-electron chi connectivity index (χ0n) is 15.0. The molecule has 4 nitrogen and oxygen atoms in total. The fourth-order valence-corrected chi connectivity index (χ4v) is 4.09. The van der Waals surface area contributed by atoms with E-state index in [-0.39, 0.29) is 0 Å². The van der Waals surface area contributed by atoms with Crippen molar-refractivity contribution in [3.05, 3.63) is 74.9 Å². The summed E-state index contributed by atoms with van der Waals surface area (Å²) < 4.78 is 10.5. The number of nitrogens with zero attached hydrogens (tertiary/aromatic N) is 3. The van der Waals surface area contributed by atoms with E-state index in [1.54, 1.807) is 0 Å². The molecule has 28 heavy (non-hydrogen) atoms. The summed E-state index contributed by atoms with van der Waals surface area (Å²) >= 11 is 6.98. The first kappa shape index (κ1) is 17.9. The van der Waals surface area contributed by atoms with Crippen molar-refractivity contribution in [2.45, 2.75) is 25.8 Å². The first-order valence-electron chi connectivity index (χ1n) is 9.27. The van der Waals surface area contributed by atoms with Crippen LogP contribution in [0, 0.1) is 0 Å². The maximum absolute atomic E-state index is 6.15. The molecule has 0 unspecified atom stereocenters. The average molecular weight is 499 g/mol. The number of halogens is 2. The summed E-state index contributed by atoms with van der Waals surface area (Å²) in [7, 11) is 0. The monoisotopic (exact) mass is 497 g/mol. The Bertz CT molecular complexity index is 1220. The number of hydrogen-bond acceptors (Lipinski definition) is 3. The van der Waals surface area contributed by atoms with Crippen LogP contribution in [-0.4, -0.2) is 9.55 Å². The Morgan fingerprint density at radius 2 is 1.64 bits per heavy atom. The lowest BCUT2D eigenvalue weighted by Gasteiger charge is -2.18. The number of rotatable bonds is 2. The Balaban J connectivity index is 1.76. The lowest BCUT2D eigenvalue weighted by atomic mass is 10.1. The Morgan fingerprint density at radius 3 is 2.39 bits per heavy atom. The molecule has 5 rings (SSSR count). The van der Waals surface area contributed by atoms with Crippen LogP contribution in [0.15, 0.2) is 73.0 Å². The molecule has 6 heteroatoms. The fourth-order valence-electron chi connectivity index (χ4n) is 3.56. The lowest BCUT2D eigenvalue weighted by Crippen LogP contribution is -2.28. The standard InChI is InChI=1S/C22H17Br2N3O/c23-15-6-4-14(5-7-15)19-13-18-21(25-17-10-8-16(24)9-11-17)27-12-2-1-3-20(27)26-22(18)28-19/h4-11,13H,1-3,12H2. The van der Waals surface area contributed by atoms with Crippen molar-refractivity contribution in [3.63, 3.8) is 0 Å². The van der Waals surface area contributed by atoms with Crippen LogP contribution in [0.1, 0.15) is 18.7 Å². The number of aryl methyl sites for hydroxylation is 1. The molecule has 0 atom stereocenters. The van der Waals surface area contributed by atoms with E-state index in [2.05, 4.69) is 42.5 Å². The molecular weight excluding hydrogens is 482 g/mol. The normalized spacial score (nSPS) is 14.4. The second kappa shape index (κ2) is 7.33. The van der Waals surface area contributed by atoms with Crippen LogP contribution in [0.5, 0.6) is 0 Å². The Morgan fingerprint density at radius 1 is 0.929 bits per heavy atom. The maximum atomic E-state index is 6.15. The molecule has 0 amide bonds. The van der Waals surface area contributed by atoms with E-state index >= 15 is 0 Å². The average Bonchev–Trinajstić information content (AvgIpc) is 3.14. The SMILES string of the molecule is Brc1ccc(N=c2c3cc(-c4ccc(Br)cc4)oc3nc3n2CCCC3)cc1. The molecule has 0 saturated carbocycles. The van der Waals surface area contributed by atoms with Crippen molar-refractivity contribution in [1.82, 2.24) is 9.55 Å². The van der Waals surface area contributed by atoms with Gasteiger partial charge in [0, 0.05) is 27.5 Å². The summed E-state index contributed by atoms with van der Waals surface area (Å²) in [4.78, 5) is 9.79. The largest absolute Gasteiger partial charge is 0.438 e. The van der Waals surface area contributed by atoms with Gasteiger partial charge < -0.3 is 8.98 Å². The van der Waals surface area contributed by atoms with E-state index in [4.69, 9.17) is 14.4 Å². The van der Waals surface area contributed by atoms with Crippen LogP contribution in [0.25, 0.3) is 22.4 Å². The van der Waals surface area contributed by atoms with Crippen LogP contribution in [-0.2, 0) is 13.0 Å². The minimum Gasteiger partial charge on any atom is -0.438 e. The molecule has 1 aliphatic rings. The van der Waals surface area contributed by atoms with Gasteiger partial charge in [-0.15, -0.1) is 0 Å². The van der Waals surface area contributed by atoms with Gasteiger partial charge in [0.05, 0.1) is 11.1 Å². The number of aromatic nitrogens is 2. The first-order chi connectivity index (χ1) is 13.7. The number of benzene rings is 2. The second-order valence-electron chi connectivity index (χ2n) is 6.88. The van der Waals surface area contributed by atoms with Crippen molar-refractivity contribution in [2.75, 3.05) is 0 Å². The van der Waals surface area contributed by atoms with Gasteiger partial charge >= 0.3 is 0 Å². The quantitative estimate of drug-likeness (QED) is 0.321. The van der Waals surface area contributed by atoms with Crippen molar-refractivity contribution < 1.29 is 4.42 Å². The van der Waals surface area contributed by atoms with Gasteiger partial charge in [0.25, 0.3) is 0 Å². The molecular formula is C22H17Br2N3O. The molecule has 2 aromatic heterocycles. The van der Waals surface area contributed by atoms with Gasteiger partial charge in [0.15, 0.2) is 0 Å². The van der Waals surface area contributed by atoms with Crippen molar-refractivity contribution in [1.29, 1.82) is 0 Å². The topological polar surface area (TPSA) is 43.3 Å². The maximum Gasteiger partial charge on any atom is 0.232 e. The Hall–Kier alpha value is -2.18.